The van der Waals surface area contributed by atoms with Crippen molar-refractivity contribution in [3.05, 3.63) is 105 Å². The summed E-state index contributed by atoms with van der Waals surface area (Å²) in [5, 5.41) is 0.931. The molecule has 32 heavy (non-hydrogen) atoms. The number of fused-ring (bicyclic) bond motifs is 1. The number of hydrogen-bond donors (Lipinski definition) is 1. The molecule has 4 rings (SSSR count). The van der Waals surface area contributed by atoms with E-state index in [-0.39, 0.29) is 18.0 Å². The largest absolute Gasteiger partial charge is 0.497 e. The van der Waals surface area contributed by atoms with Gasteiger partial charge in [-0.15, -0.1) is 0 Å². The highest BCUT2D eigenvalue weighted by atomic mass is 16.5. The molecule has 0 unspecified atom stereocenters. The number of aromatic amines is 1. The molecule has 0 saturated carbocycles. The van der Waals surface area contributed by atoms with Gasteiger partial charge in [0.25, 0.3) is 11.5 Å². The second-order valence-electron chi connectivity index (χ2n) is 8.06. The smallest absolute Gasteiger partial charge is 0.258 e. The predicted octanol–water partition coefficient (Wildman–Crippen LogP) is 5.31. The van der Waals surface area contributed by atoms with Crippen LogP contribution in [0.25, 0.3) is 10.9 Å². The molecular weight excluding hydrogens is 400 g/mol. The van der Waals surface area contributed by atoms with E-state index in [0.29, 0.717) is 16.9 Å². The molecule has 1 aromatic heterocycles. The molecule has 4 aromatic rings. The van der Waals surface area contributed by atoms with E-state index in [4.69, 9.17) is 4.74 Å². The predicted molar refractivity (Wildman–Crippen MR) is 129 cm³/mol. The number of anilines is 1. The molecule has 5 nitrogen and oxygen atoms in total. The number of ether oxygens (including phenoxy) is 1. The maximum atomic E-state index is 13.7. The maximum absolute atomic E-state index is 13.7. The van der Waals surface area contributed by atoms with Crippen molar-refractivity contribution in [3.63, 3.8) is 0 Å². The summed E-state index contributed by atoms with van der Waals surface area (Å²) in [4.78, 5) is 31.2. The number of nitrogens with one attached hydrogen (secondary N) is 1. The third-order valence-electron chi connectivity index (χ3n) is 5.84. The SMILES string of the molecule is COc1cccc(C(=O)N(Cc2cc3ccc(C)cc3[nH]c2=O)c2cccc(C)c2C)c1. The van der Waals surface area contributed by atoms with Crippen molar-refractivity contribution in [1.29, 1.82) is 0 Å². The van der Waals surface area contributed by atoms with Crippen molar-refractivity contribution in [2.45, 2.75) is 27.3 Å². The lowest BCUT2D eigenvalue weighted by atomic mass is 10.0. The third kappa shape index (κ3) is 4.14. The van der Waals surface area contributed by atoms with Crippen molar-refractivity contribution >= 4 is 22.5 Å². The van der Waals surface area contributed by atoms with E-state index in [1.54, 1.807) is 36.3 Å². The van der Waals surface area contributed by atoms with Crippen LogP contribution in [0.3, 0.4) is 0 Å². The van der Waals surface area contributed by atoms with Crippen molar-refractivity contribution in [1.82, 2.24) is 4.98 Å². The fraction of sp³-hybridized carbons (Fsp3) is 0.185. The Hall–Kier alpha value is -3.86. The van der Waals surface area contributed by atoms with Gasteiger partial charge in [0.05, 0.1) is 13.7 Å². The van der Waals surface area contributed by atoms with Crippen molar-refractivity contribution in [2.24, 2.45) is 0 Å². The number of aromatic nitrogens is 1. The summed E-state index contributed by atoms with van der Waals surface area (Å²) in [5.41, 5.74) is 5.54. The highest BCUT2D eigenvalue weighted by molar-refractivity contribution is 6.06. The molecule has 0 aliphatic carbocycles. The summed E-state index contributed by atoms with van der Waals surface area (Å²) in [6.45, 7) is 6.14. The number of amides is 1. The van der Waals surface area contributed by atoms with Crippen molar-refractivity contribution in [3.8, 4) is 5.75 Å². The zero-order valence-electron chi connectivity index (χ0n) is 18.7. The van der Waals surface area contributed by atoms with Crippen LogP contribution in [-0.2, 0) is 6.54 Å². The van der Waals surface area contributed by atoms with Gasteiger partial charge in [-0.25, -0.2) is 0 Å². The number of hydrogen-bond acceptors (Lipinski definition) is 3. The van der Waals surface area contributed by atoms with Crippen LogP contribution in [0, 0.1) is 20.8 Å². The van der Waals surface area contributed by atoms with Crippen molar-refractivity contribution < 1.29 is 9.53 Å². The van der Waals surface area contributed by atoms with Gasteiger partial charge >= 0.3 is 0 Å². The number of nitrogens with zero attached hydrogens (tertiary/aromatic N) is 1. The Kier molecular flexibility index (Phi) is 5.82. The van der Waals surface area contributed by atoms with E-state index in [1.807, 2.05) is 63.2 Å². The third-order valence-corrected chi connectivity index (χ3v) is 5.84. The Morgan fingerprint density at radius 3 is 2.53 bits per heavy atom. The molecular formula is C27H26N2O3. The first-order valence-electron chi connectivity index (χ1n) is 10.5. The minimum atomic E-state index is -0.197. The number of methoxy groups -OCH3 is 1. The van der Waals surface area contributed by atoms with Crippen LogP contribution in [0.15, 0.2) is 71.5 Å². The molecule has 0 aliphatic heterocycles. The van der Waals surface area contributed by atoms with E-state index in [9.17, 15) is 9.59 Å². The number of carbonyl (C=O) groups excluding carboxylic acids is 1. The minimum absolute atomic E-state index is 0.152. The number of benzene rings is 3. The molecule has 1 heterocycles. The van der Waals surface area contributed by atoms with Crippen LogP contribution in [0.5, 0.6) is 5.75 Å². The zero-order chi connectivity index (χ0) is 22.8. The summed E-state index contributed by atoms with van der Waals surface area (Å²) in [7, 11) is 1.57. The number of rotatable bonds is 5. The number of carbonyl (C=O) groups is 1. The van der Waals surface area contributed by atoms with E-state index >= 15 is 0 Å². The van der Waals surface area contributed by atoms with Gasteiger partial charge in [-0.05, 0) is 79.2 Å². The lowest BCUT2D eigenvalue weighted by molar-refractivity contribution is 0.0984. The zero-order valence-corrected chi connectivity index (χ0v) is 18.7. The lowest BCUT2D eigenvalue weighted by Gasteiger charge is -2.25. The topological polar surface area (TPSA) is 62.4 Å². The van der Waals surface area contributed by atoms with Gasteiger partial charge in [0.15, 0.2) is 0 Å². The summed E-state index contributed by atoms with van der Waals surface area (Å²) >= 11 is 0. The Labute approximate surface area is 187 Å². The fourth-order valence-corrected chi connectivity index (χ4v) is 3.85. The second kappa shape index (κ2) is 8.71. The normalized spacial score (nSPS) is 10.9. The van der Waals surface area contributed by atoms with Crippen LogP contribution in [0.2, 0.25) is 0 Å². The molecule has 1 amide bonds. The first-order chi connectivity index (χ1) is 15.4. The lowest BCUT2D eigenvalue weighted by Crippen LogP contribution is -2.33. The Bertz CT molecular complexity index is 1370. The molecule has 5 heteroatoms. The van der Waals surface area contributed by atoms with Gasteiger partial charge in [-0.3, -0.25) is 9.59 Å². The fourth-order valence-electron chi connectivity index (χ4n) is 3.85. The summed E-state index contributed by atoms with van der Waals surface area (Å²) in [6, 6.07) is 20.7. The van der Waals surface area contributed by atoms with Gasteiger partial charge in [0.1, 0.15) is 5.75 Å². The molecule has 0 saturated heterocycles. The summed E-state index contributed by atoms with van der Waals surface area (Å²) in [5.74, 6) is 0.414. The summed E-state index contributed by atoms with van der Waals surface area (Å²) < 4.78 is 5.30. The number of aryl methyl sites for hydroxylation is 2. The van der Waals surface area contributed by atoms with E-state index in [1.165, 1.54) is 0 Å². The average Bonchev–Trinajstić information content (AvgIpc) is 2.79. The molecule has 0 atom stereocenters. The van der Waals surface area contributed by atoms with E-state index in [0.717, 1.165) is 33.3 Å². The monoisotopic (exact) mass is 426 g/mol. The second-order valence-corrected chi connectivity index (χ2v) is 8.06. The van der Waals surface area contributed by atoms with Gasteiger partial charge in [-0.2, -0.15) is 0 Å². The van der Waals surface area contributed by atoms with Crippen LogP contribution < -0.4 is 15.2 Å². The minimum Gasteiger partial charge on any atom is -0.497 e. The first kappa shape index (κ1) is 21.4. The van der Waals surface area contributed by atoms with Crippen LogP contribution in [0.1, 0.15) is 32.6 Å². The van der Waals surface area contributed by atoms with Gasteiger partial charge in [0.2, 0.25) is 0 Å². The van der Waals surface area contributed by atoms with Gasteiger partial charge < -0.3 is 14.6 Å². The molecule has 0 radical (unpaired) electrons. The molecule has 0 spiro atoms. The van der Waals surface area contributed by atoms with Gasteiger partial charge in [0, 0.05) is 22.3 Å². The summed E-state index contributed by atoms with van der Waals surface area (Å²) in [6.07, 6.45) is 0. The van der Waals surface area contributed by atoms with E-state index < -0.39 is 0 Å². The van der Waals surface area contributed by atoms with E-state index in [2.05, 4.69) is 4.98 Å². The molecule has 3 aromatic carbocycles. The first-order valence-corrected chi connectivity index (χ1v) is 10.5. The van der Waals surface area contributed by atoms with Crippen molar-refractivity contribution in [2.75, 3.05) is 12.0 Å². The Balaban J connectivity index is 1.83. The van der Waals surface area contributed by atoms with Gasteiger partial charge in [-0.1, -0.05) is 30.3 Å². The molecule has 0 bridgehead atoms. The molecule has 162 valence electrons. The Morgan fingerprint density at radius 2 is 1.75 bits per heavy atom. The number of pyridine rings is 1. The number of H-pyrrole nitrogens is 1. The average molecular weight is 427 g/mol. The maximum Gasteiger partial charge on any atom is 0.258 e. The Morgan fingerprint density at radius 1 is 0.969 bits per heavy atom. The van der Waals surface area contributed by atoms with Crippen LogP contribution in [0.4, 0.5) is 5.69 Å². The van der Waals surface area contributed by atoms with Crippen LogP contribution >= 0.6 is 0 Å². The quantitative estimate of drug-likeness (QED) is 0.470. The highest BCUT2D eigenvalue weighted by Gasteiger charge is 2.22. The standard InChI is InChI=1S/C27H26N2O3/c1-17-11-12-20-14-22(26(30)28-24(20)13-17)16-29(25-10-5-7-18(2)19(25)3)27(31)21-8-6-9-23(15-21)32-4/h5-15H,16H2,1-4H3,(H,28,30). The highest BCUT2D eigenvalue weighted by Crippen LogP contribution is 2.27. The van der Waals surface area contributed by atoms with Crippen LogP contribution in [-0.4, -0.2) is 18.0 Å². The molecule has 0 aliphatic rings. The molecule has 1 N–H and O–H groups in total. The molecule has 0 fully saturated rings.